The van der Waals surface area contributed by atoms with Crippen molar-refractivity contribution in [2.24, 2.45) is 16.7 Å². The molecule has 174 valence electrons. The van der Waals surface area contributed by atoms with Gasteiger partial charge in [-0.15, -0.1) is 0 Å². The maximum absolute atomic E-state index is 12.9. The second-order valence-corrected chi connectivity index (χ2v) is 10.0. The number of benzene rings is 1. The third-order valence-electron chi connectivity index (χ3n) is 7.30. The van der Waals surface area contributed by atoms with Gasteiger partial charge >= 0.3 is 5.97 Å². The van der Waals surface area contributed by atoms with Gasteiger partial charge in [-0.3, -0.25) is 4.79 Å². The highest BCUT2D eigenvalue weighted by molar-refractivity contribution is 6.10. The van der Waals surface area contributed by atoms with Crippen LogP contribution in [0.2, 0.25) is 0 Å². The summed E-state index contributed by atoms with van der Waals surface area (Å²) in [5, 5.41) is 30.1. The van der Waals surface area contributed by atoms with E-state index in [9.17, 15) is 24.9 Å². The summed E-state index contributed by atoms with van der Waals surface area (Å²) in [4.78, 5) is 25.5. The fourth-order valence-electron chi connectivity index (χ4n) is 5.53. The lowest BCUT2D eigenvalue weighted by Crippen LogP contribution is -2.43. The smallest absolute Gasteiger partial charge is 0.338 e. The van der Waals surface area contributed by atoms with Crippen molar-refractivity contribution in [1.29, 1.82) is 0 Å². The Labute approximate surface area is 193 Å². The SMILES string of the molecule is CC(C)C1=CC2=CC=C3C(C)(COC(=O)c4ccc(O)c(O)c4)CCCC3(C)C2=C(O)C1=O. The molecule has 0 saturated heterocycles. The van der Waals surface area contributed by atoms with Gasteiger partial charge in [-0.25, -0.2) is 4.79 Å². The first kappa shape index (κ1) is 22.9. The minimum absolute atomic E-state index is 0.00986. The van der Waals surface area contributed by atoms with Crippen molar-refractivity contribution in [2.45, 2.75) is 47.0 Å². The summed E-state index contributed by atoms with van der Waals surface area (Å²) >= 11 is 0. The Bertz CT molecular complexity index is 1170. The van der Waals surface area contributed by atoms with Crippen molar-refractivity contribution >= 4 is 11.8 Å². The van der Waals surface area contributed by atoms with Gasteiger partial charge < -0.3 is 20.1 Å². The number of aromatic hydroxyl groups is 2. The van der Waals surface area contributed by atoms with Crippen LogP contribution in [0.15, 0.2) is 64.5 Å². The molecular weight excluding hydrogens is 420 g/mol. The number of aliphatic hydroxyl groups is 1. The molecule has 0 aliphatic heterocycles. The zero-order valence-corrected chi connectivity index (χ0v) is 19.4. The third-order valence-corrected chi connectivity index (χ3v) is 7.30. The van der Waals surface area contributed by atoms with Crippen LogP contribution >= 0.6 is 0 Å². The number of aliphatic hydroxyl groups excluding tert-OH is 1. The Balaban J connectivity index is 1.66. The van der Waals surface area contributed by atoms with Crippen LogP contribution in [-0.2, 0) is 9.53 Å². The normalized spacial score (nSPS) is 26.8. The molecule has 3 N–H and O–H groups in total. The average Bonchev–Trinajstić information content (AvgIpc) is 2.75. The number of rotatable bonds is 4. The number of phenols is 2. The zero-order valence-electron chi connectivity index (χ0n) is 19.4. The van der Waals surface area contributed by atoms with E-state index in [0.717, 1.165) is 30.4 Å². The molecular formula is C27H30O6. The molecule has 3 aliphatic rings. The Morgan fingerprint density at radius 2 is 1.82 bits per heavy atom. The molecule has 0 spiro atoms. The first-order valence-electron chi connectivity index (χ1n) is 11.3. The number of phenolic OH excluding ortho intramolecular Hbond substituents is 2. The van der Waals surface area contributed by atoms with Crippen molar-refractivity contribution in [3.8, 4) is 11.5 Å². The van der Waals surface area contributed by atoms with Crippen LogP contribution in [0.1, 0.15) is 57.3 Å². The molecule has 0 radical (unpaired) electrons. The van der Waals surface area contributed by atoms with Gasteiger partial charge in [0.2, 0.25) is 5.78 Å². The van der Waals surface area contributed by atoms with Gasteiger partial charge in [-0.05, 0) is 48.6 Å². The fraction of sp³-hybridized carbons (Fsp3) is 0.407. The lowest BCUT2D eigenvalue weighted by atomic mass is 9.54. The van der Waals surface area contributed by atoms with Crippen molar-refractivity contribution in [3.63, 3.8) is 0 Å². The predicted octanol–water partition coefficient (Wildman–Crippen LogP) is 5.29. The summed E-state index contributed by atoms with van der Waals surface area (Å²) in [6.45, 7) is 8.08. The lowest BCUT2D eigenvalue weighted by molar-refractivity contribution is -0.115. The number of carbonyl (C=O) groups is 2. The van der Waals surface area contributed by atoms with Gasteiger partial charge in [0.25, 0.3) is 0 Å². The Hall–Kier alpha value is -3.28. The second-order valence-electron chi connectivity index (χ2n) is 10.0. The molecule has 0 heterocycles. The molecule has 0 bridgehead atoms. The number of hydrogen-bond donors (Lipinski definition) is 3. The van der Waals surface area contributed by atoms with Gasteiger partial charge in [0, 0.05) is 22.0 Å². The molecule has 2 atom stereocenters. The summed E-state index contributed by atoms with van der Waals surface area (Å²) in [7, 11) is 0. The van der Waals surface area contributed by atoms with Crippen LogP contribution in [0.4, 0.5) is 0 Å². The summed E-state index contributed by atoms with van der Waals surface area (Å²) in [5.41, 5.74) is 2.28. The minimum atomic E-state index is -0.592. The number of ketones is 1. The van der Waals surface area contributed by atoms with E-state index < -0.39 is 16.8 Å². The number of esters is 1. The largest absolute Gasteiger partial charge is 0.504 e. The molecule has 2 unspecified atom stereocenters. The summed E-state index contributed by atoms with van der Waals surface area (Å²) in [6, 6.07) is 3.82. The summed E-state index contributed by atoms with van der Waals surface area (Å²) in [6.07, 6.45) is 8.31. The average molecular weight is 451 g/mol. The van der Waals surface area contributed by atoms with E-state index in [4.69, 9.17) is 4.74 Å². The maximum atomic E-state index is 12.9. The van der Waals surface area contributed by atoms with Crippen LogP contribution < -0.4 is 0 Å². The molecule has 4 rings (SSSR count). The van der Waals surface area contributed by atoms with Crippen LogP contribution in [0, 0.1) is 16.7 Å². The zero-order chi connectivity index (χ0) is 24.1. The number of hydrogen-bond acceptors (Lipinski definition) is 6. The topological polar surface area (TPSA) is 104 Å². The molecule has 6 heteroatoms. The van der Waals surface area contributed by atoms with Crippen LogP contribution in [-0.4, -0.2) is 33.7 Å². The van der Waals surface area contributed by atoms with Gasteiger partial charge in [-0.1, -0.05) is 51.8 Å². The summed E-state index contributed by atoms with van der Waals surface area (Å²) in [5.74, 6) is -1.76. The second kappa shape index (κ2) is 7.94. The molecule has 3 aliphatic carbocycles. The predicted molar refractivity (Wildman–Crippen MR) is 124 cm³/mol. The van der Waals surface area contributed by atoms with Gasteiger partial charge in [0.05, 0.1) is 5.56 Å². The number of fused-ring (bicyclic) bond motifs is 3. The third kappa shape index (κ3) is 3.67. The molecule has 6 nitrogen and oxygen atoms in total. The number of allylic oxidation sites excluding steroid dienone is 6. The fourth-order valence-corrected chi connectivity index (χ4v) is 5.53. The number of Topliss-reactive ketones (excluding diaryl/α,β-unsaturated/α-hetero) is 1. The Kier molecular flexibility index (Phi) is 5.51. The van der Waals surface area contributed by atoms with Gasteiger partial charge in [0.1, 0.15) is 6.61 Å². The molecule has 1 aromatic carbocycles. The van der Waals surface area contributed by atoms with Crippen molar-refractivity contribution < 1.29 is 29.6 Å². The monoisotopic (exact) mass is 450 g/mol. The Morgan fingerprint density at radius 1 is 1.09 bits per heavy atom. The Morgan fingerprint density at radius 3 is 2.48 bits per heavy atom. The maximum Gasteiger partial charge on any atom is 0.338 e. The van der Waals surface area contributed by atoms with Crippen molar-refractivity contribution in [1.82, 2.24) is 0 Å². The van der Waals surface area contributed by atoms with Gasteiger partial charge in [0.15, 0.2) is 17.3 Å². The molecule has 0 aromatic heterocycles. The van der Waals surface area contributed by atoms with Crippen LogP contribution in [0.25, 0.3) is 0 Å². The van der Waals surface area contributed by atoms with E-state index in [1.165, 1.54) is 18.2 Å². The molecule has 1 fully saturated rings. The summed E-state index contributed by atoms with van der Waals surface area (Å²) < 4.78 is 5.64. The van der Waals surface area contributed by atoms with E-state index in [-0.39, 0.29) is 41.1 Å². The van der Waals surface area contributed by atoms with Crippen molar-refractivity contribution in [3.05, 3.63) is 70.0 Å². The number of carbonyl (C=O) groups excluding carboxylic acids is 2. The van der Waals surface area contributed by atoms with E-state index in [2.05, 4.69) is 13.0 Å². The molecule has 1 saturated carbocycles. The van der Waals surface area contributed by atoms with Crippen LogP contribution in [0.3, 0.4) is 0 Å². The number of ether oxygens (including phenoxy) is 1. The molecule has 0 amide bonds. The first-order chi connectivity index (χ1) is 15.5. The van der Waals surface area contributed by atoms with E-state index in [0.29, 0.717) is 11.1 Å². The lowest BCUT2D eigenvalue weighted by Gasteiger charge is -2.50. The highest BCUT2D eigenvalue weighted by atomic mass is 16.5. The molecule has 1 aromatic rings. The highest BCUT2D eigenvalue weighted by Gasteiger charge is 2.51. The van der Waals surface area contributed by atoms with E-state index in [1.54, 1.807) is 0 Å². The van der Waals surface area contributed by atoms with Crippen molar-refractivity contribution in [2.75, 3.05) is 6.61 Å². The molecule has 33 heavy (non-hydrogen) atoms. The standard InChI is InChI=1S/C27H30O6/c1-15(2)18-12-16-7-9-21-26(3,10-5-11-27(21,4)22(16)24(31)23(18)30)14-33-25(32)17-6-8-19(28)20(29)13-17/h6-9,12-13,15,28-29,31H,5,10-11,14H2,1-4H3. The van der Waals surface area contributed by atoms with Gasteiger partial charge in [-0.2, -0.15) is 0 Å². The van der Waals surface area contributed by atoms with E-state index in [1.807, 2.05) is 32.9 Å². The first-order valence-corrected chi connectivity index (χ1v) is 11.3. The van der Waals surface area contributed by atoms with Crippen LogP contribution in [0.5, 0.6) is 11.5 Å². The quantitative estimate of drug-likeness (QED) is 0.425. The minimum Gasteiger partial charge on any atom is -0.504 e. The highest BCUT2D eigenvalue weighted by Crippen LogP contribution is 2.59. The van der Waals surface area contributed by atoms with E-state index >= 15 is 0 Å².